The molecule has 0 saturated carbocycles. The van der Waals surface area contributed by atoms with Crippen molar-refractivity contribution in [2.45, 2.75) is 5.41 Å². The molecule has 0 saturated heterocycles. The van der Waals surface area contributed by atoms with Crippen molar-refractivity contribution >= 4 is 37.0 Å². The van der Waals surface area contributed by atoms with Crippen molar-refractivity contribution in [2.24, 2.45) is 0 Å². The van der Waals surface area contributed by atoms with Crippen LogP contribution < -0.4 is 15.3 Å². The summed E-state index contributed by atoms with van der Waals surface area (Å²) < 4.78 is 0. The lowest BCUT2D eigenvalue weighted by Gasteiger charge is -2.47. The molecular formula is C29H19N3Si. The normalized spacial score (nSPS) is 14.7. The molecule has 33 heavy (non-hydrogen) atoms. The largest absolute Gasteiger partial charge is 0.310 e. The highest BCUT2D eigenvalue weighted by molar-refractivity contribution is 6.69. The van der Waals surface area contributed by atoms with E-state index in [1.165, 1.54) is 32.9 Å². The summed E-state index contributed by atoms with van der Waals surface area (Å²) >= 11 is 0. The molecule has 7 rings (SSSR count). The molecule has 2 aromatic heterocycles. The van der Waals surface area contributed by atoms with E-state index in [2.05, 4.69) is 108 Å². The molecule has 0 N–H and O–H groups in total. The monoisotopic (exact) mass is 437 g/mol. The maximum absolute atomic E-state index is 5.04. The summed E-state index contributed by atoms with van der Waals surface area (Å²) in [7, 11) is 0.545. The molecule has 3 nitrogen and oxygen atoms in total. The van der Waals surface area contributed by atoms with Crippen LogP contribution >= 0.6 is 0 Å². The van der Waals surface area contributed by atoms with E-state index in [9.17, 15) is 0 Å². The number of pyridine rings is 2. The maximum Gasteiger partial charge on any atom is 0.126 e. The second-order valence-electron chi connectivity index (χ2n) is 8.38. The van der Waals surface area contributed by atoms with Crippen molar-refractivity contribution in [1.29, 1.82) is 0 Å². The van der Waals surface area contributed by atoms with Gasteiger partial charge >= 0.3 is 0 Å². The number of hydrogen-bond donors (Lipinski definition) is 0. The van der Waals surface area contributed by atoms with Gasteiger partial charge in [0.1, 0.15) is 14.9 Å². The third kappa shape index (κ3) is 2.44. The number of anilines is 3. The number of aromatic nitrogens is 2. The standard InChI is InChI=1S/C29H19N3Si/c1-2-10-20(11-3-1)32-23-14-6-4-12-21(23)29(22-13-5-7-15-24(22)32)27-25(16-8-18-30-27)33-26-17-9-19-31-28(26)29/h1-19H. The zero-order valence-electron chi connectivity index (χ0n) is 17.8. The topological polar surface area (TPSA) is 29.0 Å². The first kappa shape index (κ1) is 18.5. The van der Waals surface area contributed by atoms with Gasteiger partial charge in [-0.1, -0.05) is 66.7 Å². The minimum Gasteiger partial charge on any atom is -0.310 e. The Morgan fingerprint density at radius 3 is 1.64 bits per heavy atom. The van der Waals surface area contributed by atoms with Crippen molar-refractivity contribution in [1.82, 2.24) is 9.97 Å². The Morgan fingerprint density at radius 2 is 1.06 bits per heavy atom. The molecule has 3 aromatic carbocycles. The van der Waals surface area contributed by atoms with Gasteiger partial charge in [0.25, 0.3) is 0 Å². The number of benzene rings is 3. The fraction of sp³-hybridized carbons (Fsp3) is 0.0345. The Balaban J connectivity index is 1.67. The van der Waals surface area contributed by atoms with E-state index in [-0.39, 0.29) is 0 Å². The van der Waals surface area contributed by atoms with Gasteiger partial charge in [0, 0.05) is 18.1 Å². The lowest BCUT2D eigenvalue weighted by atomic mass is 9.65. The van der Waals surface area contributed by atoms with Crippen LogP contribution in [0.25, 0.3) is 0 Å². The zero-order valence-corrected chi connectivity index (χ0v) is 18.8. The first-order valence-electron chi connectivity index (χ1n) is 11.1. The fourth-order valence-electron chi connectivity index (χ4n) is 5.48. The van der Waals surface area contributed by atoms with Gasteiger partial charge in [-0.15, -0.1) is 0 Å². The van der Waals surface area contributed by atoms with Crippen LogP contribution in [0, 0.1) is 0 Å². The second-order valence-corrected chi connectivity index (χ2v) is 9.71. The van der Waals surface area contributed by atoms with E-state index in [0.717, 1.165) is 17.1 Å². The van der Waals surface area contributed by atoms with Gasteiger partial charge in [0.2, 0.25) is 0 Å². The molecule has 0 aliphatic carbocycles. The quantitative estimate of drug-likeness (QED) is 0.351. The summed E-state index contributed by atoms with van der Waals surface area (Å²) in [6, 6.07) is 36.7. The third-order valence-corrected chi connectivity index (χ3v) is 8.05. The number of fused-ring (bicyclic) bond motifs is 8. The molecule has 2 aliphatic heterocycles. The van der Waals surface area contributed by atoms with Crippen LogP contribution in [0.3, 0.4) is 0 Å². The molecule has 0 bridgehead atoms. The molecule has 0 atom stereocenters. The molecule has 0 fully saturated rings. The molecule has 154 valence electrons. The van der Waals surface area contributed by atoms with Crippen LogP contribution in [0.1, 0.15) is 22.5 Å². The molecule has 0 unspecified atom stereocenters. The Kier molecular flexibility index (Phi) is 3.93. The summed E-state index contributed by atoms with van der Waals surface area (Å²) in [5.41, 5.74) is 7.56. The molecule has 5 aromatic rings. The van der Waals surface area contributed by atoms with Crippen molar-refractivity contribution in [2.75, 3.05) is 4.90 Å². The lowest BCUT2D eigenvalue weighted by Crippen LogP contribution is -2.53. The summed E-state index contributed by atoms with van der Waals surface area (Å²) in [6.45, 7) is 0. The van der Waals surface area contributed by atoms with Crippen LogP contribution in [-0.4, -0.2) is 19.5 Å². The van der Waals surface area contributed by atoms with Crippen LogP contribution in [0.15, 0.2) is 116 Å². The predicted molar refractivity (Wildman–Crippen MR) is 134 cm³/mol. The van der Waals surface area contributed by atoms with Crippen molar-refractivity contribution in [3.05, 3.63) is 138 Å². The minimum atomic E-state index is -0.559. The number of hydrogen-bond acceptors (Lipinski definition) is 3. The Hall–Kier alpha value is -4.02. The molecule has 0 amide bonds. The van der Waals surface area contributed by atoms with E-state index in [1.807, 2.05) is 12.4 Å². The van der Waals surface area contributed by atoms with E-state index >= 15 is 0 Å². The van der Waals surface area contributed by atoms with Crippen LogP contribution in [0.2, 0.25) is 0 Å². The first-order chi connectivity index (χ1) is 16.4. The van der Waals surface area contributed by atoms with Gasteiger partial charge in [-0.25, -0.2) is 0 Å². The Bertz CT molecular complexity index is 1420. The third-order valence-electron chi connectivity index (χ3n) is 6.71. The van der Waals surface area contributed by atoms with Crippen LogP contribution in [-0.2, 0) is 5.41 Å². The summed E-state index contributed by atoms with van der Waals surface area (Å²) in [4.78, 5) is 12.5. The van der Waals surface area contributed by atoms with Gasteiger partial charge in [-0.2, -0.15) is 0 Å². The summed E-state index contributed by atoms with van der Waals surface area (Å²) in [5.74, 6) is 0. The van der Waals surface area contributed by atoms with Gasteiger partial charge in [0.15, 0.2) is 0 Å². The van der Waals surface area contributed by atoms with E-state index in [1.54, 1.807) is 0 Å². The van der Waals surface area contributed by atoms with E-state index < -0.39 is 5.41 Å². The molecular weight excluding hydrogens is 418 g/mol. The van der Waals surface area contributed by atoms with Gasteiger partial charge < -0.3 is 4.90 Å². The smallest absolute Gasteiger partial charge is 0.126 e. The molecule has 4 heterocycles. The first-order valence-corrected chi connectivity index (χ1v) is 12.1. The Labute approximate surface area is 195 Å². The number of nitrogens with zero attached hydrogens (tertiary/aromatic N) is 3. The van der Waals surface area contributed by atoms with E-state index in [0.29, 0.717) is 9.52 Å². The molecule has 2 radical (unpaired) electrons. The average Bonchev–Trinajstić information content (AvgIpc) is 2.89. The van der Waals surface area contributed by atoms with Crippen molar-refractivity contribution in [3.8, 4) is 0 Å². The summed E-state index contributed by atoms with van der Waals surface area (Å²) in [5, 5.41) is 2.58. The fourth-order valence-corrected chi connectivity index (χ4v) is 6.87. The molecule has 1 spiro atoms. The highest BCUT2D eigenvalue weighted by Crippen LogP contribution is 2.56. The van der Waals surface area contributed by atoms with Crippen molar-refractivity contribution in [3.63, 3.8) is 0 Å². The number of para-hydroxylation sites is 3. The minimum absolute atomic E-state index is 0.545. The second kappa shape index (κ2) is 6.99. The van der Waals surface area contributed by atoms with Gasteiger partial charge in [-0.05, 0) is 57.9 Å². The summed E-state index contributed by atoms with van der Waals surface area (Å²) in [6.07, 6.45) is 3.85. The van der Waals surface area contributed by atoms with Crippen LogP contribution in [0.4, 0.5) is 17.1 Å². The molecule has 2 aliphatic rings. The lowest BCUT2D eigenvalue weighted by molar-refractivity contribution is 0.684. The highest BCUT2D eigenvalue weighted by atomic mass is 28.2. The highest BCUT2D eigenvalue weighted by Gasteiger charge is 2.51. The Morgan fingerprint density at radius 1 is 0.545 bits per heavy atom. The number of rotatable bonds is 1. The maximum atomic E-state index is 5.04. The SMILES string of the molecule is c1ccc(N2c3ccccc3C3(c4ccccc42)c2ncccc2[Si]c2cccnc23)cc1. The van der Waals surface area contributed by atoms with Crippen molar-refractivity contribution < 1.29 is 0 Å². The van der Waals surface area contributed by atoms with Gasteiger partial charge in [0.05, 0.1) is 22.8 Å². The van der Waals surface area contributed by atoms with E-state index in [4.69, 9.17) is 9.97 Å². The molecule has 4 heteroatoms. The average molecular weight is 438 g/mol. The van der Waals surface area contributed by atoms with Crippen LogP contribution in [0.5, 0.6) is 0 Å². The van der Waals surface area contributed by atoms with Gasteiger partial charge in [-0.3, -0.25) is 9.97 Å². The predicted octanol–water partition coefficient (Wildman–Crippen LogP) is 4.61. The zero-order chi connectivity index (χ0) is 21.8.